The van der Waals surface area contributed by atoms with E-state index in [4.69, 9.17) is 5.11 Å². The summed E-state index contributed by atoms with van der Waals surface area (Å²) in [7, 11) is 0. The van der Waals surface area contributed by atoms with E-state index in [9.17, 15) is 9.59 Å². The van der Waals surface area contributed by atoms with Crippen LogP contribution in [-0.4, -0.2) is 23.5 Å². The molecule has 0 radical (unpaired) electrons. The quantitative estimate of drug-likeness (QED) is 0.737. The van der Waals surface area contributed by atoms with Crippen molar-refractivity contribution >= 4 is 17.5 Å². The Morgan fingerprint density at radius 3 is 2.09 bits per heavy atom. The highest BCUT2D eigenvalue weighted by Gasteiger charge is 2.19. The van der Waals surface area contributed by atoms with Crippen LogP contribution in [0, 0.1) is 0 Å². The van der Waals surface area contributed by atoms with E-state index in [0.717, 1.165) is 5.56 Å². The van der Waals surface area contributed by atoms with Gasteiger partial charge in [0.05, 0.1) is 6.04 Å². The van der Waals surface area contributed by atoms with Gasteiger partial charge < -0.3 is 15.7 Å². The molecule has 0 saturated heterocycles. The van der Waals surface area contributed by atoms with Crippen molar-refractivity contribution in [1.29, 1.82) is 0 Å². The van der Waals surface area contributed by atoms with E-state index < -0.39 is 17.9 Å². The van der Waals surface area contributed by atoms with Gasteiger partial charge in [0, 0.05) is 12.3 Å². The Morgan fingerprint density at radius 2 is 1.50 bits per heavy atom. The first kappa shape index (κ1) is 15.7. The van der Waals surface area contributed by atoms with Crippen LogP contribution in [0.2, 0.25) is 0 Å². The third kappa shape index (κ3) is 4.43. The Kier molecular flexibility index (Phi) is 5.68. The van der Waals surface area contributed by atoms with Crippen LogP contribution in [0.1, 0.15) is 18.0 Å². The maximum absolute atomic E-state index is 12.0. The minimum absolute atomic E-state index is 0.0832. The molecule has 0 aromatic heterocycles. The van der Waals surface area contributed by atoms with E-state index in [2.05, 4.69) is 10.6 Å². The summed E-state index contributed by atoms with van der Waals surface area (Å²) in [4.78, 5) is 23.9. The topological polar surface area (TPSA) is 78.4 Å². The molecule has 1 unspecified atom stereocenters. The molecule has 1 atom stereocenters. The van der Waals surface area contributed by atoms with Gasteiger partial charge in [-0.25, -0.2) is 0 Å². The van der Waals surface area contributed by atoms with Crippen molar-refractivity contribution in [2.75, 3.05) is 11.9 Å². The number of hydrogen-bond acceptors (Lipinski definition) is 3. The minimum atomic E-state index is -0.731. The highest BCUT2D eigenvalue weighted by Crippen LogP contribution is 2.16. The van der Waals surface area contributed by atoms with Gasteiger partial charge in [-0.1, -0.05) is 48.5 Å². The zero-order chi connectivity index (χ0) is 15.8. The van der Waals surface area contributed by atoms with Crippen LogP contribution >= 0.6 is 0 Å². The SMILES string of the molecule is O=C(Nc1ccccc1)C(=O)NC(CCO)c1ccccc1. The Morgan fingerprint density at radius 1 is 0.909 bits per heavy atom. The normalized spacial score (nSPS) is 11.5. The summed E-state index contributed by atoms with van der Waals surface area (Å²) in [6, 6.07) is 17.6. The van der Waals surface area contributed by atoms with Crippen LogP contribution in [0.5, 0.6) is 0 Å². The van der Waals surface area contributed by atoms with Gasteiger partial charge in [-0.3, -0.25) is 9.59 Å². The van der Waals surface area contributed by atoms with E-state index in [-0.39, 0.29) is 6.61 Å². The lowest BCUT2D eigenvalue weighted by molar-refractivity contribution is -0.136. The van der Waals surface area contributed by atoms with Gasteiger partial charge in [0.2, 0.25) is 0 Å². The first-order chi connectivity index (χ1) is 10.7. The van der Waals surface area contributed by atoms with Crippen LogP contribution in [0.25, 0.3) is 0 Å². The van der Waals surface area contributed by atoms with Gasteiger partial charge in [0.15, 0.2) is 0 Å². The number of hydrogen-bond donors (Lipinski definition) is 3. The second-order valence-electron chi connectivity index (χ2n) is 4.77. The molecule has 5 nitrogen and oxygen atoms in total. The van der Waals surface area contributed by atoms with E-state index in [1.54, 1.807) is 24.3 Å². The van der Waals surface area contributed by atoms with Gasteiger partial charge in [-0.2, -0.15) is 0 Å². The molecule has 3 N–H and O–H groups in total. The van der Waals surface area contributed by atoms with Gasteiger partial charge >= 0.3 is 11.8 Å². The predicted octanol–water partition coefficient (Wildman–Crippen LogP) is 1.86. The smallest absolute Gasteiger partial charge is 0.313 e. The third-order valence-electron chi connectivity index (χ3n) is 3.16. The number of benzene rings is 2. The van der Waals surface area contributed by atoms with Crippen LogP contribution in [0.3, 0.4) is 0 Å². The number of carbonyl (C=O) groups is 2. The summed E-state index contributed by atoms with van der Waals surface area (Å²) in [5, 5.41) is 14.3. The minimum Gasteiger partial charge on any atom is -0.396 e. The van der Waals surface area contributed by atoms with Crippen molar-refractivity contribution in [2.45, 2.75) is 12.5 Å². The van der Waals surface area contributed by atoms with E-state index in [1.165, 1.54) is 0 Å². The van der Waals surface area contributed by atoms with E-state index in [1.807, 2.05) is 36.4 Å². The number of amides is 2. The summed E-state index contributed by atoms with van der Waals surface area (Å²) < 4.78 is 0. The molecule has 2 aromatic rings. The number of aliphatic hydroxyl groups is 1. The second kappa shape index (κ2) is 7.95. The molecule has 2 aromatic carbocycles. The van der Waals surface area contributed by atoms with Crippen molar-refractivity contribution < 1.29 is 14.7 Å². The van der Waals surface area contributed by atoms with Crippen LogP contribution < -0.4 is 10.6 Å². The van der Waals surface area contributed by atoms with Gasteiger partial charge in [-0.15, -0.1) is 0 Å². The summed E-state index contributed by atoms with van der Waals surface area (Å²) in [5.41, 5.74) is 1.40. The fourth-order valence-electron chi connectivity index (χ4n) is 2.07. The largest absolute Gasteiger partial charge is 0.396 e. The van der Waals surface area contributed by atoms with Crippen molar-refractivity contribution in [3.05, 3.63) is 66.2 Å². The van der Waals surface area contributed by atoms with Crippen molar-refractivity contribution in [3.63, 3.8) is 0 Å². The van der Waals surface area contributed by atoms with Gasteiger partial charge in [0.1, 0.15) is 0 Å². The molecule has 2 amide bonds. The lowest BCUT2D eigenvalue weighted by Crippen LogP contribution is -2.38. The number of aliphatic hydroxyl groups excluding tert-OH is 1. The Labute approximate surface area is 129 Å². The average molecular weight is 298 g/mol. The second-order valence-corrected chi connectivity index (χ2v) is 4.77. The Bertz CT molecular complexity index is 614. The number of anilines is 1. The zero-order valence-corrected chi connectivity index (χ0v) is 12.0. The molecule has 0 saturated carbocycles. The molecule has 0 bridgehead atoms. The van der Waals surface area contributed by atoms with Gasteiger partial charge in [-0.05, 0) is 24.1 Å². The molecule has 0 fully saturated rings. The van der Waals surface area contributed by atoms with Crippen molar-refractivity contribution in [2.24, 2.45) is 0 Å². The van der Waals surface area contributed by atoms with Crippen LogP contribution in [-0.2, 0) is 9.59 Å². The van der Waals surface area contributed by atoms with Crippen LogP contribution in [0.4, 0.5) is 5.69 Å². The monoisotopic (exact) mass is 298 g/mol. The first-order valence-corrected chi connectivity index (χ1v) is 7.03. The highest BCUT2D eigenvalue weighted by molar-refractivity contribution is 6.39. The number of rotatable bonds is 5. The van der Waals surface area contributed by atoms with Crippen LogP contribution in [0.15, 0.2) is 60.7 Å². The van der Waals surface area contributed by atoms with Crippen molar-refractivity contribution in [1.82, 2.24) is 5.32 Å². The molecule has 0 aliphatic carbocycles. The summed E-state index contributed by atoms with van der Waals surface area (Å²) in [5.74, 6) is -1.46. The zero-order valence-electron chi connectivity index (χ0n) is 12.0. The molecule has 0 heterocycles. The molecule has 0 aliphatic heterocycles. The summed E-state index contributed by atoms with van der Waals surface area (Å²) in [6.45, 7) is -0.0832. The van der Waals surface area contributed by atoms with Crippen molar-refractivity contribution in [3.8, 4) is 0 Å². The molecule has 114 valence electrons. The summed E-state index contributed by atoms with van der Waals surface area (Å²) >= 11 is 0. The highest BCUT2D eigenvalue weighted by atomic mass is 16.3. The molecule has 0 aliphatic rings. The predicted molar refractivity (Wildman–Crippen MR) is 84.1 cm³/mol. The molecule has 0 spiro atoms. The standard InChI is InChI=1S/C17H18N2O3/c20-12-11-15(13-7-3-1-4-8-13)19-17(22)16(21)18-14-9-5-2-6-10-14/h1-10,15,20H,11-12H2,(H,18,21)(H,19,22). The number of carbonyl (C=O) groups excluding carboxylic acids is 2. The molecule has 5 heteroatoms. The van der Waals surface area contributed by atoms with Gasteiger partial charge in [0.25, 0.3) is 0 Å². The lowest BCUT2D eigenvalue weighted by atomic mass is 10.0. The van der Waals surface area contributed by atoms with E-state index >= 15 is 0 Å². The molecular formula is C17H18N2O3. The fourth-order valence-corrected chi connectivity index (χ4v) is 2.07. The van der Waals surface area contributed by atoms with E-state index in [0.29, 0.717) is 12.1 Å². The Balaban J connectivity index is 2.00. The maximum Gasteiger partial charge on any atom is 0.313 e. The maximum atomic E-state index is 12.0. The third-order valence-corrected chi connectivity index (χ3v) is 3.16. The lowest BCUT2D eigenvalue weighted by Gasteiger charge is -2.18. The summed E-state index contributed by atoms with van der Waals surface area (Å²) in [6.07, 6.45) is 0.342. The Hall–Kier alpha value is -2.66. The number of nitrogens with one attached hydrogen (secondary N) is 2. The molecule has 2 rings (SSSR count). The molecular weight excluding hydrogens is 280 g/mol. The number of para-hydroxylation sites is 1. The average Bonchev–Trinajstić information content (AvgIpc) is 2.56. The molecule has 22 heavy (non-hydrogen) atoms. The first-order valence-electron chi connectivity index (χ1n) is 7.03. The fraction of sp³-hybridized carbons (Fsp3) is 0.176.